The zero-order valence-corrected chi connectivity index (χ0v) is 14.4. The summed E-state index contributed by atoms with van der Waals surface area (Å²) < 4.78 is 15.3. The van der Waals surface area contributed by atoms with Crippen molar-refractivity contribution in [2.45, 2.75) is 6.54 Å². The third-order valence-corrected chi connectivity index (χ3v) is 3.83. The van der Waals surface area contributed by atoms with E-state index in [2.05, 4.69) is 25.8 Å². The molecule has 3 rings (SSSR count). The van der Waals surface area contributed by atoms with Gasteiger partial charge in [-0.15, -0.1) is 10.2 Å². The van der Waals surface area contributed by atoms with Crippen molar-refractivity contribution in [3.05, 3.63) is 56.7 Å². The Morgan fingerprint density at radius 3 is 2.54 bits per heavy atom. The van der Waals surface area contributed by atoms with Crippen LogP contribution in [-0.2, 0) is 13.6 Å². The van der Waals surface area contributed by atoms with E-state index in [9.17, 15) is 14.0 Å². The SMILES string of the molecule is CNCCNCc1nnc2c(n1)c(=O)n(C)c(=O)n2-c1ccc(F)cc1. The van der Waals surface area contributed by atoms with E-state index in [0.717, 1.165) is 11.1 Å². The monoisotopic (exact) mass is 359 g/mol. The number of aromatic nitrogens is 5. The predicted octanol–water partition coefficient (Wildman–Crippen LogP) is -0.677. The Bertz CT molecular complexity index is 1040. The second-order valence-electron chi connectivity index (χ2n) is 5.64. The fourth-order valence-corrected chi connectivity index (χ4v) is 2.45. The summed E-state index contributed by atoms with van der Waals surface area (Å²) in [6, 6.07) is 5.30. The number of rotatable bonds is 6. The fraction of sp³-hybridized carbons (Fsp3) is 0.312. The van der Waals surface area contributed by atoms with Crippen LogP contribution in [-0.4, -0.2) is 44.5 Å². The molecule has 0 bridgehead atoms. The van der Waals surface area contributed by atoms with Gasteiger partial charge in [0.1, 0.15) is 5.82 Å². The van der Waals surface area contributed by atoms with Gasteiger partial charge in [0.2, 0.25) is 0 Å². The summed E-state index contributed by atoms with van der Waals surface area (Å²) in [7, 11) is 3.20. The molecule has 9 nitrogen and oxygen atoms in total. The lowest BCUT2D eigenvalue weighted by Gasteiger charge is -2.11. The minimum absolute atomic E-state index is 0.0249. The molecule has 0 aliphatic heterocycles. The van der Waals surface area contributed by atoms with Crippen molar-refractivity contribution in [2.24, 2.45) is 7.05 Å². The van der Waals surface area contributed by atoms with E-state index in [-0.39, 0.29) is 11.2 Å². The zero-order chi connectivity index (χ0) is 18.7. The van der Waals surface area contributed by atoms with Gasteiger partial charge >= 0.3 is 5.69 Å². The number of nitrogens with one attached hydrogen (secondary N) is 2. The average Bonchev–Trinajstić information content (AvgIpc) is 2.65. The molecule has 0 amide bonds. The van der Waals surface area contributed by atoms with Crippen LogP contribution in [0.15, 0.2) is 33.9 Å². The maximum absolute atomic E-state index is 13.2. The minimum Gasteiger partial charge on any atom is -0.318 e. The molecule has 26 heavy (non-hydrogen) atoms. The van der Waals surface area contributed by atoms with Gasteiger partial charge in [0.25, 0.3) is 5.56 Å². The summed E-state index contributed by atoms with van der Waals surface area (Å²) in [6.45, 7) is 1.81. The topological polar surface area (TPSA) is 107 Å². The van der Waals surface area contributed by atoms with Gasteiger partial charge in [0.05, 0.1) is 12.2 Å². The minimum atomic E-state index is -0.606. The lowest BCUT2D eigenvalue weighted by Crippen LogP contribution is -2.38. The molecule has 0 saturated carbocycles. The van der Waals surface area contributed by atoms with Crippen LogP contribution >= 0.6 is 0 Å². The average molecular weight is 359 g/mol. The molecule has 0 unspecified atom stereocenters. The van der Waals surface area contributed by atoms with Gasteiger partial charge < -0.3 is 10.6 Å². The highest BCUT2D eigenvalue weighted by Gasteiger charge is 2.16. The molecule has 0 aliphatic rings. The van der Waals surface area contributed by atoms with Crippen LogP contribution in [0.2, 0.25) is 0 Å². The van der Waals surface area contributed by atoms with E-state index >= 15 is 0 Å². The first kappa shape index (κ1) is 17.8. The zero-order valence-electron chi connectivity index (χ0n) is 14.4. The number of nitrogens with zero attached hydrogens (tertiary/aromatic N) is 5. The Kier molecular flexibility index (Phi) is 5.14. The summed E-state index contributed by atoms with van der Waals surface area (Å²) >= 11 is 0. The van der Waals surface area contributed by atoms with Gasteiger partial charge in [0, 0.05) is 20.1 Å². The van der Waals surface area contributed by atoms with Crippen LogP contribution in [0.25, 0.3) is 16.9 Å². The molecule has 0 spiro atoms. The Balaban J connectivity index is 2.12. The van der Waals surface area contributed by atoms with Crippen molar-refractivity contribution in [3.8, 4) is 5.69 Å². The second kappa shape index (κ2) is 7.50. The van der Waals surface area contributed by atoms with Gasteiger partial charge in [-0.3, -0.25) is 9.36 Å². The quantitative estimate of drug-likeness (QED) is 0.562. The van der Waals surface area contributed by atoms with Crippen molar-refractivity contribution < 1.29 is 4.39 Å². The Hall–Kier alpha value is -2.98. The second-order valence-corrected chi connectivity index (χ2v) is 5.64. The van der Waals surface area contributed by atoms with Crippen molar-refractivity contribution in [1.29, 1.82) is 0 Å². The number of likely N-dealkylation sites (N-methyl/N-ethyl adjacent to an activating group) is 1. The highest BCUT2D eigenvalue weighted by Crippen LogP contribution is 2.11. The van der Waals surface area contributed by atoms with Crippen LogP contribution in [0.4, 0.5) is 4.39 Å². The fourth-order valence-electron chi connectivity index (χ4n) is 2.45. The van der Waals surface area contributed by atoms with E-state index in [1.54, 1.807) is 0 Å². The van der Waals surface area contributed by atoms with Crippen LogP contribution in [0.3, 0.4) is 0 Å². The molecule has 2 N–H and O–H groups in total. The predicted molar refractivity (Wildman–Crippen MR) is 93.8 cm³/mol. The van der Waals surface area contributed by atoms with Crippen LogP contribution < -0.4 is 21.9 Å². The molecule has 3 aromatic rings. The van der Waals surface area contributed by atoms with Gasteiger partial charge in [-0.05, 0) is 31.3 Å². The summed E-state index contributed by atoms with van der Waals surface area (Å²) in [5.41, 5.74) is -0.742. The van der Waals surface area contributed by atoms with Crippen LogP contribution in [0.5, 0.6) is 0 Å². The van der Waals surface area contributed by atoms with Gasteiger partial charge in [-0.25, -0.2) is 18.7 Å². The third kappa shape index (κ3) is 3.37. The summed E-state index contributed by atoms with van der Waals surface area (Å²) in [6.07, 6.45) is 0. The maximum Gasteiger partial charge on any atom is 0.337 e. The molecular weight excluding hydrogens is 341 g/mol. The molecular formula is C16H18FN7O2. The highest BCUT2D eigenvalue weighted by atomic mass is 19.1. The number of hydrogen-bond donors (Lipinski definition) is 2. The number of benzene rings is 1. The Morgan fingerprint density at radius 1 is 1.12 bits per heavy atom. The van der Waals surface area contributed by atoms with Crippen molar-refractivity contribution in [1.82, 2.24) is 34.9 Å². The normalized spacial score (nSPS) is 11.2. The van der Waals surface area contributed by atoms with Crippen LogP contribution in [0.1, 0.15) is 5.82 Å². The lowest BCUT2D eigenvalue weighted by molar-refractivity contribution is 0.623. The molecule has 136 valence electrons. The molecule has 1 aromatic carbocycles. The summed E-state index contributed by atoms with van der Waals surface area (Å²) in [5, 5.41) is 14.1. The number of hydrogen-bond acceptors (Lipinski definition) is 7. The first-order valence-electron chi connectivity index (χ1n) is 7.99. The van der Waals surface area contributed by atoms with Crippen molar-refractivity contribution in [3.63, 3.8) is 0 Å². The van der Waals surface area contributed by atoms with Crippen molar-refractivity contribution >= 4 is 11.2 Å². The highest BCUT2D eigenvalue weighted by molar-refractivity contribution is 5.70. The standard InChI is InChI=1S/C16H18FN7O2/c1-18-7-8-19-9-12-20-13-14(22-21-12)24(16(26)23(2)15(13)25)11-5-3-10(17)4-6-11/h3-6,18-19H,7-9H2,1-2H3. The Morgan fingerprint density at radius 2 is 1.85 bits per heavy atom. The van der Waals surface area contributed by atoms with E-state index in [0.29, 0.717) is 24.6 Å². The van der Waals surface area contributed by atoms with Crippen LogP contribution in [0, 0.1) is 5.82 Å². The molecule has 0 fully saturated rings. The summed E-state index contributed by atoms with van der Waals surface area (Å²) in [5.74, 6) is -0.0925. The van der Waals surface area contributed by atoms with E-state index in [1.165, 1.54) is 35.9 Å². The number of fused-ring (bicyclic) bond motifs is 1. The van der Waals surface area contributed by atoms with Gasteiger partial charge in [0.15, 0.2) is 17.0 Å². The molecule has 0 aliphatic carbocycles. The molecule has 2 aromatic heterocycles. The van der Waals surface area contributed by atoms with Gasteiger partial charge in [-0.2, -0.15) is 0 Å². The molecule has 0 radical (unpaired) electrons. The third-order valence-electron chi connectivity index (χ3n) is 3.83. The lowest BCUT2D eigenvalue weighted by atomic mass is 10.3. The van der Waals surface area contributed by atoms with E-state index in [4.69, 9.17) is 0 Å². The first-order valence-corrected chi connectivity index (χ1v) is 7.99. The van der Waals surface area contributed by atoms with E-state index < -0.39 is 17.1 Å². The first-order chi connectivity index (χ1) is 12.5. The van der Waals surface area contributed by atoms with E-state index in [1.807, 2.05) is 7.05 Å². The summed E-state index contributed by atoms with van der Waals surface area (Å²) in [4.78, 5) is 29.2. The Labute approximate surface area is 147 Å². The maximum atomic E-state index is 13.2. The van der Waals surface area contributed by atoms with Gasteiger partial charge in [-0.1, -0.05) is 0 Å². The molecule has 0 atom stereocenters. The molecule has 10 heteroatoms. The largest absolute Gasteiger partial charge is 0.337 e. The molecule has 2 heterocycles. The molecule has 0 saturated heterocycles. The van der Waals surface area contributed by atoms with Crippen molar-refractivity contribution in [2.75, 3.05) is 20.1 Å². The number of halogens is 1. The smallest absolute Gasteiger partial charge is 0.318 e.